The zero-order valence-corrected chi connectivity index (χ0v) is 15.0. The molecule has 24 heavy (non-hydrogen) atoms. The number of benzene rings is 2. The van der Waals surface area contributed by atoms with Crippen molar-refractivity contribution in [2.45, 2.75) is 17.9 Å². The van der Waals surface area contributed by atoms with Gasteiger partial charge in [0.05, 0.1) is 19.1 Å². The SMILES string of the molecule is COc1cc(Cl)c2c(c1OC)CN(S(=O)(=O)c1ccccc1)CC2. The molecule has 2 aromatic rings. The highest BCUT2D eigenvalue weighted by Gasteiger charge is 2.32. The first-order chi connectivity index (χ1) is 11.5. The van der Waals surface area contributed by atoms with E-state index in [9.17, 15) is 8.42 Å². The Morgan fingerprint density at radius 2 is 1.79 bits per heavy atom. The minimum atomic E-state index is -3.57. The Bertz CT molecular complexity index is 853. The molecule has 0 unspecified atom stereocenters. The molecule has 0 N–H and O–H groups in total. The van der Waals surface area contributed by atoms with Crippen molar-refractivity contribution in [1.82, 2.24) is 4.31 Å². The van der Waals surface area contributed by atoms with Crippen molar-refractivity contribution in [2.75, 3.05) is 20.8 Å². The van der Waals surface area contributed by atoms with Crippen molar-refractivity contribution in [1.29, 1.82) is 0 Å². The summed E-state index contributed by atoms with van der Waals surface area (Å²) >= 11 is 6.33. The lowest BCUT2D eigenvalue weighted by molar-refractivity contribution is 0.334. The van der Waals surface area contributed by atoms with Crippen LogP contribution in [0.15, 0.2) is 41.3 Å². The molecule has 0 fully saturated rings. The highest BCUT2D eigenvalue weighted by Crippen LogP contribution is 2.41. The van der Waals surface area contributed by atoms with E-state index in [2.05, 4.69) is 0 Å². The minimum Gasteiger partial charge on any atom is -0.493 e. The predicted molar refractivity (Wildman–Crippen MR) is 92.3 cm³/mol. The summed E-state index contributed by atoms with van der Waals surface area (Å²) in [6.07, 6.45) is 0.528. The van der Waals surface area contributed by atoms with Crippen molar-refractivity contribution in [3.8, 4) is 11.5 Å². The second-order valence-electron chi connectivity index (χ2n) is 5.45. The van der Waals surface area contributed by atoms with E-state index in [-0.39, 0.29) is 11.4 Å². The molecule has 1 aliphatic rings. The number of hydrogen-bond donors (Lipinski definition) is 0. The molecular formula is C17H18ClNO4S. The van der Waals surface area contributed by atoms with Gasteiger partial charge in [0.1, 0.15) is 0 Å². The van der Waals surface area contributed by atoms with Crippen LogP contribution in [-0.4, -0.2) is 33.5 Å². The molecule has 0 aromatic heterocycles. The van der Waals surface area contributed by atoms with E-state index in [0.717, 1.165) is 11.1 Å². The fourth-order valence-electron chi connectivity index (χ4n) is 2.95. The van der Waals surface area contributed by atoms with Crippen LogP contribution in [0.4, 0.5) is 0 Å². The number of ether oxygens (including phenoxy) is 2. The van der Waals surface area contributed by atoms with E-state index in [1.54, 1.807) is 36.4 Å². The monoisotopic (exact) mass is 367 g/mol. The molecular weight excluding hydrogens is 350 g/mol. The Morgan fingerprint density at radius 3 is 2.42 bits per heavy atom. The van der Waals surface area contributed by atoms with E-state index < -0.39 is 10.0 Å². The quantitative estimate of drug-likeness (QED) is 0.833. The Balaban J connectivity index is 2.04. The van der Waals surface area contributed by atoms with Crippen LogP contribution in [0.25, 0.3) is 0 Å². The molecule has 0 saturated heterocycles. The third-order valence-corrected chi connectivity index (χ3v) is 6.36. The van der Waals surface area contributed by atoms with E-state index >= 15 is 0 Å². The zero-order chi connectivity index (χ0) is 17.3. The molecule has 1 aliphatic heterocycles. The molecule has 0 bridgehead atoms. The standard InChI is InChI=1S/C17H18ClNO4S/c1-22-16-10-15(18)13-8-9-19(11-14(13)17(16)23-2)24(20,21)12-6-4-3-5-7-12/h3-7,10H,8-9,11H2,1-2H3. The van der Waals surface area contributed by atoms with Crippen LogP contribution >= 0.6 is 11.6 Å². The summed E-state index contributed by atoms with van der Waals surface area (Å²) in [6, 6.07) is 10.1. The first-order valence-corrected chi connectivity index (χ1v) is 9.28. The fraction of sp³-hybridized carbons (Fsp3) is 0.294. The Morgan fingerprint density at radius 1 is 1.08 bits per heavy atom. The molecule has 7 heteroatoms. The fourth-order valence-corrected chi connectivity index (χ4v) is 4.69. The largest absolute Gasteiger partial charge is 0.493 e. The third-order valence-electron chi connectivity index (χ3n) is 4.16. The molecule has 0 aliphatic carbocycles. The molecule has 0 saturated carbocycles. The van der Waals surface area contributed by atoms with Crippen LogP contribution in [0.2, 0.25) is 5.02 Å². The van der Waals surface area contributed by atoms with Crippen LogP contribution in [-0.2, 0) is 23.0 Å². The Hall–Kier alpha value is -1.76. The van der Waals surface area contributed by atoms with Crippen LogP contribution in [0, 0.1) is 0 Å². The number of halogens is 1. The van der Waals surface area contributed by atoms with Gasteiger partial charge in [0.2, 0.25) is 10.0 Å². The summed E-state index contributed by atoms with van der Waals surface area (Å²) in [6.45, 7) is 0.575. The normalized spacial score (nSPS) is 15.0. The van der Waals surface area contributed by atoms with Crippen LogP contribution in [0.3, 0.4) is 0 Å². The average Bonchev–Trinajstić information content (AvgIpc) is 2.61. The van der Waals surface area contributed by atoms with Crippen molar-refractivity contribution in [2.24, 2.45) is 0 Å². The van der Waals surface area contributed by atoms with Crippen molar-refractivity contribution >= 4 is 21.6 Å². The molecule has 0 spiro atoms. The van der Waals surface area contributed by atoms with Crippen molar-refractivity contribution < 1.29 is 17.9 Å². The second kappa shape index (κ2) is 6.63. The summed E-state index contributed by atoms with van der Waals surface area (Å²) < 4.78 is 37.9. The number of rotatable bonds is 4. The van der Waals surface area contributed by atoms with Gasteiger partial charge in [-0.3, -0.25) is 0 Å². The zero-order valence-electron chi connectivity index (χ0n) is 13.5. The smallest absolute Gasteiger partial charge is 0.243 e. The van der Waals surface area contributed by atoms with Gasteiger partial charge in [0, 0.05) is 29.7 Å². The average molecular weight is 368 g/mol. The number of sulfonamides is 1. The molecule has 2 aromatic carbocycles. The first-order valence-electron chi connectivity index (χ1n) is 7.46. The highest BCUT2D eigenvalue weighted by atomic mass is 35.5. The topological polar surface area (TPSA) is 55.8 Å². The van der Waals surface area contributed by atoms with Gasteiger partial charge >= 0.3 is 0 Å². The maximum absolute atomic E-state index is 12.9. The molecule has 128 valence electrons. The number of nitrogens with zero attached hydrogens (tertiary/aromatic N) is 1. The van der Waals surface area contributed by atoms with Crippen LogP contribution in [0.1, 0.15) is 11.1 Å². The summed E-state index contributed by atoms with van der Waals surface area (Å²) in [5.74, 6) is 1.03. The first kappa shape index (κ1) is 17.1. The van der Waals surface area contributed by atoms with Gasteiger partial charge in [0.25, 0.3) is 0 Å². The molecule has 1 heterocycles. The summed E-state index contributed by atoms with van der Waals surface area (Å²) in [4.78, 5) is 0.279. The van der Waals surface area contributed by atoms with Gasteiger partial charge in [-0.25, -0.2) is 8.42 Å². The van der Waals surface area contributed by atoms with E-state index in [1.165, 1.54) is 18.5 Å². The van der Waals surface area contributed by atoms with Gasteiger partial charge in [-0.1, -0.05) is 29.8 Å². The third kappa shape index (κ3) is 2.85. The van der Waals surface area contributed by atoms with Crippen LogP contribution < -0.4 is 9.47 Å². The maximum Gasteiger partial charge on any atom is 0.243 e. The van der Waals surface area contributed by atoms with Crippen molar-refractivity contribution in [3.63, 3.8) is 0 Å². The van der Waals surface area contributed by atoms with Crippen LogP contribution in [0.5, 0.6) is 11.5 Å². The van der Waals surface area contributed by atoms with E-state index in [4.69, 9.17) is 21.1 Å². The molecule has 5 nitrogen and oxygen atoms in total. The Labute approximate surface area is 146 Å². The lowest BCUT2D eigenvalue weighted by Gasteiger charge is -2.30. The van der Waals surface area contributed by atoms with Gasteiger partial charge in [-0.15, -0.1) is 0 Å². The lowest BCUT2D eigenvalue weighted by atomic mass is 9.99. The summed E-state index contributed by atoms with van der Waals surface area (Å²) in [5.41, 5.74) is 1.67. The summed E-state index contributed by atoms with van der Waals surface area (Å²) in [7, 11) is -0.500. The molecule has 0 amide bonds. The van der Waals surface area contributed by atoms with Crippen molar-refractivity contribution in [3.05, 3.63) is 52.5 Å². The van der Waals surface area contributed by atoms with Gasteiger partial charge in [-0.05, 0) is 24.1 Å². The molecule has 0 atom stereocenters. The van der Waals surface area contributed by atoms with Gasteiger partial charge in [-0.2, -0.15) is 4.31 Å². The maximum atomic E-state index is 12.9. The minimum absolute atomic E-state index is 0.201. The van der Waals surface area contributed by atoms with E-state index in [1.807, 2.05) is 0 Å². The van der Waals surface area contributed by atoms with E-state index in [0.29, 0.717) is 29.5 Å². The van der Waals surface area contributed by atoms with Gasteiger partial charge < -0.3 is 9.47 Å². The molecule has 0 radical (unpaired) electrons. The van der Waals surface area contributed by atoms with Gasteiger partial charge in [0.15, 0.2) is 11.5 Å². The second-order valence-corrected chi connectivity index (χ2v) is 7.80. The molecule has 3 rings (SSSR count). The summed E-state index contributed by atoms with van der Waals surface area (Å²) in [5, 5.41) is 0.569. The number of fused-ring (bicyclic) bond motifs is 1. The Kier molecular flexibility index (Phi) is 4.71. The number of methoxy groups -OCH3 is 2. The lowest BCUT2D eigenvalue weighted by Crippen LogP contribution is -2.36. The highest BCUT2D eigenvalue weighted by molar-refractivity contribution is 7.89. The predicted octanol–water partition coefficient (Wildman–Crippen LogP) is 3.10. The number of hydrogen-bond acceptors (Lipinski definition) is 4.